The molecule has 1 saturated heterocycles. The summed E-state index contributed by atoms with van der Waals surface area (Å²) in [6.07, 6.45) is 3.48. The van der Waals surface area contributed by atoms with E-state index in [1.54, 1.807) is 29.9 Å². The fraction of sp³-hybridized carbons (Fsp3) is 0.391. The third kappa shape index (κ3) is 4.56. The molecular weight excluding hydrogens is 454 g/mol. The van der Waals surface area contributed by atoms with Gasteiger partial charge in [-0.25, -0.2) is 4.39 Å². The van der Waals surface area contributed by atoms with Gasteiger partial charge in [-0.15, -0.1) is 0 Å². The minimum atomic E-state index is -0.387. The average molecular weight is 479 g/mol. The average Bonchev–Trinajstić information content (AvgIpc) is 3.29. The van der Waals surface area contributed by atoms with Crippen LogP contribution in [0.1, 0.15) is 41.8 Å². The van der Waals surface area contributed by atoms with Crippen LogP contribution in [0.15, 0.2) is 40.9 Å². The summed E-state index contributed by atoms with van der Waals surface area (Å²) in [5, 5.41) is 11.1. The Bertz CT molecular complexity index is 1090. The van der Waals surface area contributed by atoms with E-state index in [1.807, 2.05) is 6.07 Å². The highest BCUT2D eigenvalue weighted by Gasteiger charge is 2.35. The number of carbonyl (C=O) groups excluding carboxylic acids is 1. The number of piperidine rings is 1. The normalized spacial score (nSPS) is 21.0. The molecule has 0 bridgehead atoms. The van der Waals surface area contributed by atoms with Crippen molar-refractivity contribution in [3.05, 3.63) is 63.9 Å². The minimum Gasteiger partial charge on any atom is -0.439 e. The van der Waals surface area contributed by atoms with E-state index in [-0.39, 0.29) is 40.6 Å². The molecule has 1 fully saturated rings. The summed E-state index contributed by atoms with van der Waals surface area (Å²) in [7, 11) is 1.73. The number of aryl methyl sites for hydroxylation is 1. The van der Waals surface area contributed by atoms with Gasteiger partial charge in [-0.1, -0.05) is 37.1 Å². The zero-order chi connectivity index (χ0) is 22.8. The largest absolute Gasteiger partial charge is 0.439 e. The topological polar surface area (TPSA) is 72.1 Å². The predicted molar refractivity (Wildman–Crippen MR) is 123 cm³/mol. The maximum Gasteiger partial charge on any atom is 0.287 e. The lowest BCUT2D eigenvalue weighted by molar-refractivity contribution is 0.0884. The Balaban J connectivity index is 1.60. The smallest absolute Gasteiger partial charge is 0.287 e. The van der Waals surface area contributed by atoms with Crippen LogP contribution >= 0.6 is 23.2 Å². The fourth-order valence-corrected chi connectivity index (χ4v) is 5.11. The van der Waals surface area contributed by atoms with Gasteiger partial charge >= 0.3 is 0 Å². The quantitative estimate of drug-likeness (QED) is 0.521. The van der Waals surface area contributed by atoms with E-state index in [0.717, 1.165) is 24.9 Å². The molecule has 3 atom stereocenters. The zero-order valence-corrected chi connectivity index (χ0v) is 19.4. The first-order valence-electron chi connectivity index (χ1n) is 10.6. The van der Waals surface area contributed by atoms with Crippen molar-refractivity contribution >= 4 is 29.1 Å². The summed E-state index contributed by atoms with van der Waals surface area (Å²) in [4.78, 5) is 13.1. The van der Waals surface area contributed by atoms with Crippen LogP contribution in [0.2, 0.25) is 10.2 Å². The summed E-state index contributed by atoms with van der Waals surface area (Å²) in [5.41, 5.74) is 1.95. The van der Waals surface area contributed by atoms with Gasteiger partial charge in [-0.2, -0.15) is 5.10 Å². The van der Waals surface area contributed by atoms with Crippen LogP contribution in [0.4, 0.5) is 4.39 Å². The number of hydrogen-bond donors (Lipinski definition) is 2. The summed E-state index contributed by atoms with van der Waals surface area (Å²) < 4.78 is 21.1. The van der Waals surface area contributed by atoms with E-state index in [4.69, 9.17) is 27.6 Å². The van der Waals surface area contributed by atoms with Crippen molar-refractivity contribution < 1.29 is 13.6 Å². The lowest BCUT2D eigenvalue weighted by atomic mass is 9.76. The molecule has 3 heterocycles. The van der Waals surface area contributed by atoms with Crippen molar-refractivity contribution in [1.82, 2.24) is 20.4 Å². The monoisotopic (exact) mass is 478 g/mol. The van der Waals surface area contributed by atoms with Crippen LogP contribution in [0.25, 0.3) is 11.3 Å². The van der Waals surface area contributed by atoms with E-state index in [0.29, 0.717) is 22.8 Å². The molecule has 0 aliphatic carbocycles. The Morgan fingerprint density at radius 1 is 1.34 bits per heavy atom. The van der Waals surface area contributed by atoms with Crippen LogP contribution in [0, 0.1) is 11.7 Å². The molecule has 1 amide bonds. The highest BCUT2D eigenvalue weighted by molar-refractivity contribution is 6.35. The molecule has 4 rings (SSSR count). The first kappa shape index (κ1) is 22.8. The predicted octanol–water partition coefficient (Wildman–Crippen LogP) is 5.03. The van der Waals surface area contributed by atoms with Gasteiger partial charge in [-0.05, 0) is 48.2 Å². The van der Waals surface area contributed by atoms with Crippen LogP contribution in [0.3, 0.4) is 0 Å². The van der Waals surface area contributed by atoms with Crippen molar-refractivity contribution in [1.29, 1.82) is 0 Å². The van der Waals surface area contributed by atoms with E-state index < -0.39 is 0 Å². The molecule has 2 N–H and O–H groups in total. The second-order valence-electron chi connectivity index (χ2n) is 8.13. The Kier molecular flexibility index (Phi) is 6.88. The molecule has 170 valence electrons. The zero-order valence-electron chi connectivity index (χ0n) is 17.9. The Morgan fingerprint density at radius 2 is 2.16 bits per heavy atom. The second-order valence-corrected chi connectivity index (χ2v) is 8.88. The van der Waals surface area contributed by atoms with Crippen molar-refractivity contribution in [2.24, 2.45) is 13.0 Å². The van der Waals surface area contributed by atoms with Gasteiger partial charge in [0.1, 0.15) is 5.82 Å². The molecule has 0 saturated carbocycles. The number of aromatic nitrogens is 2. The number of benzene rings is 1. The summed E-state index contributed by atoms with van der Waals surface area (Å²) >= 11 is 12.5. The minimum absolute atomic E-state index is 0.0210. The molecule has 1 aromatic carbocycles. The van der Waals surface area contributed by atoms with E-state index >= 15 is 0 Å². The lowest BCUT2D eigenvalue weighted by Gasteiger charge is -2.39. The Labute approximate surface area is 196 Å². The molecule has 32 heavy (non-hydrogen) atoms. The van der Waals surface area contributed by atoms with Gasteiger partial charge in [0.15, 0.2) is 5.76 Å². The molecule has 3 aromatic rings. The lowest BCUT2D eigenvalue weighted by Crippen LogP contribution is -2.53. The highest BCUT2D eigenvalue weighted by Crippen LogP contribution is 2.36. The van der Waals surface area contributed by atoms with Gasteiger partial charge in [-0.3, -0.25) is 9.48 Å². The molecule has 1 aliphatic heterocycles. The van der Waals surface area contributed by atoms with E-state index in [2.05, 4.69) is 22.7 Å². The van der Waals surface area contributed by atoms with Gasteiger partial charge in [0.2, 0.25) is 5.22 Å². The standard InChI is InChI=1S/C23H25Cl2FN4O2/c1-3-5-14-10-27-12-18(20(14)13-6-4-7-15(26)8-13)29-23(31)19-9-16(22(25)32-19)21-17(24)11-28-30(21)2/h4,6-9,11,14,18,20,27H,3,5,10,12H2,1-2H3,(H,29,31)/t14-,18+,20+/m0/s1. The van der Waals surface area contributed by atoms with Gasteiger partial charge in [0.25, 0.3) is 5.91 Å². The fourth-order valence-electron chi connectivity index (χ4n) is 4.61. The summed E-state index contributed by atoms with van der Waals surface area (Å²) in [6.45, 7) is 3.51. The first-order valence-corrected chi connectivity index (χ1v) is 11.4. The Hall–Kier alpha value is -2.35. The maximum atomic E-state index is 14.0. The van der Waals surface area contributed by atoms with Crippen molar-refractivity contribution in [2.45, 2.75) is 31.7 Å². The molecule has 1 aliphatic rings. The number of nitrogens with one attached hydrogen (secondary N) is 2. The van der Waals surface area contributed by atoms with Gasteiger partial charge < -0.3 is 15.1 Å². The first-order chi connectivity index (χ1) is 15.4. The SMILES string of the molecule is CCC[C@H]1CNC[C@@H](NC(=O)c2cc(-c3c(Cl)cnn3C)c(Cl)o2)[C@@H]1c1cccc(F)c1. The molecule has 9 heteroatoms. The number of halogens is 3. The summed E-state index contributed by atoms with van der Waals surface area (Å²) in [6, 6.07) is 7.96. The van der Waals surface area contributed by atoms with Gasteiger partial charge in [0, 0.05) is 31.6 Å². The van der Waals surface area contributed by atoms with Crippen molar-refractivity contribution in [2.75, 3.05) is 13.1 Å². The molecular formula is C23H25Cl2FN4O2. The number of hydrogen-bond acceptors (Lipinski definition) is 4. The van der Waals surface area contributed by atoms with Crippen LogP contribution in [-0.2, 0) is 7.05 Å². The van der Waals surface area contributed by atoms with Gasteiger partial charge in [0.05, 0.1) is 22.5 Å². The molecule has 0 unspecified atom stereocenters. The van der Waals surface area contributed by atoms with Crippen LogP contribution < -0.4 is 10.6 Å². The highest BCUT2D eigenvalue weighted by atomic mass is 35.5. The summed E-state index contributed by atoms with van der Waals surface area (Å²) in [5.74, 6) is -0.339. The second kappa shape index (κ2) is 9.65. The molecule has 6 nitrogen and oxygen atoms in total. The number of furan rings is 1. The van der Waals surface area contributed by atoms with Crippen LogP contribution in [-0.4, -0.2) is 34.8 Å². The third-order valence-electron chi connectivity index (χ3n) is 5.98. The maximum absolute atomic E-state index is 14.0. The van der Waals surface area contributed by atoms with E-state index in [9.17, 15) is 9.18 Å². The molecule has 2 aromatic heterocycles. The number of amides is 1. The van der Waals surface area contributed by atoms with E-state index in [1.165, 1.54) is 12.3 Å². The molecule has 0 spiro atoms. The van der Waals surface area contributed by atoms with Crippen LogP contribution in [0.5, 0.6) is 0 Å². The van der Waals surface area contributed by atoms with Crippen molar-refractivity contribution in [3.8, 4) is 11.3 Å². The number of carbonyl (C=O) groups is 1. The Morgan fingerprint density at radius 3 is 2.84 bits per heavy atom. The van der Waals surface area contributed by atoms with Crippen molar-refractivity contribution in [3.63, 3.8) is 0 Å². The third-order valence-corrected chi connectivity index (χ3v) is 6.54. The number of rotatable bonds is 6. The molecule has 0 radical (unpaired) electrons. The number of nitrogens with zero attached hydrogens (tertiary/aromatic N) is 2.